The van der Waals surface area contributed by atoms with Crippen molar-refractivity contribution in [3.63, 3.8) is 0 Å². The van der Waals surface area contributed by atoms with Crippen LogP contribution in [-0.4, -0.2) is 51.2 Å². The molecule has 0 N–H and O–H groups in total. The van der Waals surface area contributed by atoms with Crippen LogP contribution in [0, 0.1) is 0 Å². The first-order chi connectivity index (χ1) is 12.1. The van der Waals surface area contributed by atoms with E-state index in [0.29, 0.717) is 5.92 Å². The van der Waals surface area contributed by atoms with Crippen molar-refractivity contribution in [2.75, 3.05) is 31.1 Å². The van der Waals surface area contributed by atoms with Crippen molar-refractivity contribution in [2.24, 2.45) is 0 Å². The van der Waals surface area contributed by atoms with Crippen molar-refractivity contribution in [2.45, 2.75) is 52.0 Å². The number of hydrogen-bond donors (Lipinski definition) is 0. The van der Waals surface area contributed by atoms with Gasteiger partial charge in [0, 0.05) is 43.4 Å². The molecule has 1 atom stereocenters. The van der Waals surface area contributed by atoms with Crippen LogP contribution in [-0.2, 0) is 12.8 Å². The highest BCUT2D eigenvalue weighted by molar-refractivity contribution is 5.50. The monoisotopic (exact) mass is 342 g/mol. The number of anilines is 1. The minimum atomic E-state index is 0.151. The number of piperazine rings is 1. The van der Waals surface area contributed by atoms with E-state index in [4.69, 9.17) is 4.52 Å². The molecule has 3 heterocycles. The molecule has 1 aliphatic heterocycles. The summed E-state index contributed by atoms with van der Waals surface area (Å²) in [5, 5.41) is 4.09. The van der Waals surface area contributed by atoms with Crippen molar-refractivity contribution < 1.29 is 4.52 Å². The molecule has 1 fully saturated rings. The molecule has 4 rings (SSSR count). The van der Waals surface area contributed by atoms with Crippen LogP contribution in [0.2, 0.25) is 0 Å². The molecule has 2 aromatic heterocycles. The van der Waals surface area contributed by atoms with Crippen LogP contribution in [0.1, 0.15) is 62.1 Å². The van der Waals surface area contributed by atoms with E-state index in [0.717, 1.165) is 56.6 Å². The topological polar surface area (TPSA) is 71.2 Å². The van der Waals surface area contributed by atoms with Gasteiger partial charge in [0.25, 0.3) is 0 Å². The van der Waals surface area contributed by atoms with Crippen molar-refractivity contribution in [3.05, 3.63) is 29.3 Å². The van der Waals surface area contributed by atoms with Crippen LogP contribution in [0.5, 0.6) is 0 Å². The fourth-order valence-corrected chi connectivity index (χ4v) is 3.74. The molecule has 0 saturated carbocycles. The van der Waals surface area contributed by atoms with Crippen LogP contribution >= 0.6 is 0 Å². The Bertz CT molecular complexity index is 735. The lowest BCUT2D eigenvalue weighted by molar-refractivity contribution is 0.164. The lowest BCUT2D eigenvalue weighted by Gasteiger charge is -2.37. The maximum Gasteiger partial charge on any atom is 0.243 e. The van der Waals surface area contributed by atoms with Crippen molar-refractivity contribution >= 4 is 5.82 Å². The number of hydrogen-bond acceptors (Lipinski definition) is 7. The van der Waals surface area contributed by atoms with E-state index in [9.17, 15) is 0 Å². The Morgan fingerprint density at radius 2 is 1.84 bits per heavy atom. The van der Waals surface area contributed by atoms with Gasteiger partial charge in [0.1, 0.15) is 12.1 Å². The third-order valence-corrected chi connectivity index (χ3v) is 5.34. The number of nitrogens with zero attached hydrogens (tertiary/aromatic N) is 6. The van der Waals surface area contributed by atoms with Crippen LogP contribution in [0.25, 0.3) is 0 Å². The molecule has 25 heavy (non-hydrogen) atoms. The first-order valence-electron chi connectivity index (χ1n) is 9.28. The van der Waals surface area contributed by atoms with Crippen LogP contribution in [0.15, 0.2) is 10.9 Å². The summed E-state index contributed by atoms with van der Waals surface area (Å²) in [4.78, 5) is 18.4. The normalized spacial score (nSPS) is 19.4. The summed E-state index contributed by atoms with van der Waals surface area (Å²) in [5.74, 6) is 2.95. The molecule has 134 valence electrons. The van der Waals surface area contributed by atoms with Crippen molar-refractivity contribution in [1.82, 2.24) is 25.0 Å². The smallest absolute Gasteiger partial charge is 0.243 e. The summed E-state index contributed by atoms with van der Waals surface area (Å²) in [6.45, 7) is 10.2. The van der Waals surface area contributed by atoms with E-state index in [1.165, 1.54) is 17.7 Å². The fourth-order valence-electron chi connectivity index (χ4n) is 3.74. The number of aryl methyl sites for hydroxylation is 1. The van der Waals surface area contributed by atoms with Crippen molar-refractivity contribution in [3.8, 4) is 0 Å². The third-order valence-electron chi connectivity index (χ3n) is 5.34. The summed E-state index contributed by atoms with van der Waals surface area (Å²) in [5.41, 5.74) is 2.61. The molecule has 0 unspecified atom stereocenters. The molecule has 7 nitrogen and oxygen atoms in total. The van der Waals surface area contributed by atoms with E-state index < -0.39 is 0 Å². The number of fused-ring (bicyclic) bond motifs is 1. The molecule has 0 bridgehead atoms. The Morgan fingerprint density at radius 1 is 1.04 bits per heavy atom. The molecule has 1 saturated heterocycles. The average Bonchev–Trinajstić information content (AvgIpc) is 3.30. The Labute approximate surface area is 148 Å². The zero-order valence-corrected chi connectivity index (χ0v) is 15.3. The van der Waals surface area contributed by atoms with Gasteiger partial charge in [-0.3, -0.25) is 4.90 Å². The second kappa shape index (κ2) is 6.71. The molecule has 2 aliphatic rings. The second-order valence-corrected chi connectivity index (χ2v) is 7.32. The van der Waals surface area contributed by atoms with Gasteiger partial charge in [-0.2, -0.15) is 4.98 Å². The van der Waals surface area contributed by atoms with Gasteiger partial charge < -0.3 is 9.42 Å². The van der Waals surface area contributed by atoms with Gasteiger partial charge in [-0.05, 0) is 26.2 Å². The fraction of sp³-hybridized carbons (Fsp3) is 0.667. The zero-order valence-electron chi connectivity index (χ0n) is 15.3. The van der Waals surface area contributed by atoms with Gasteiger partial charge in [0.05, 0.1) is 6.04 Å². The number of rotatable bonds is 4. The van der Waals surface area contributed by atoms with Crippen LogP contribution in [0.4, 0.5) is 5.82 Å². The van der Waals surface area contributed by atoms with Crippen molar-refractivity contribution in [1.29, 1.82) is 0 Å². The predicted molar refractivity (Wildman–Crippen MR) is 94.6 cm³/mol. The van der Waals surface area contributed by atoms with Gasteiger partial charge in [0.15, 0.2) is 5.82 Å². The maximum atomic E-state index is 5.48. The Morgan fingerprint density at radius 3 is 2.56 bits per heavy atom. The van der Waals surface area contributed by atoms with E-state index in [2.05, 4.69) is 50.7 Å². The van der Waals surface area contributed by atoms with E-state index in [1.54, 1.807) is 6.33 Å². The standard InChI is InChI=1S/C18H26N6O/c1-12(2)16-21-18(25-22-16)13(3)23-7-9-24(10-8-23)17-14-5-4-6-15(14)19-11-20-17/h11-13H,4-10H2,1-3H3/t13-/m0/s1. The maximum absolute atomic E-state index is 5.48. The first kappa shape index (κ1) is 16.4. The number of aromatic nitrogens is 4. The molecule has 0 aromatic carbocycles. The third kappa shape index (κ3) is 3.13. The summed E-state index contributed by atoms with van der Waals surface area (Å²) < 4.78 is 5.48. The first-order valence-corrected chi connectivity index (χ1v) is 9.28. The molecule has 0 radical (unpaired) electrons. The average molecular weight is 342 g/mol. The quantitative estimate of drug-likeness (QED) is 0.844. The Hall–Kier alpha value is -2.02. The molecule has 1 aliphatic carbocycles. The SMILES string of the molecule is CC(C)c1noc([C@H](C)N2CCN(c3ncnc4c3CCC4)CC2)n1. The predicted octanol–water partition coefficient (Wildman–Crippen LogP) is 2.35. The second-order valence-electron chi connectivity index (χ2n) is 7.32. The summed E-state index contributed by atoms with van der Waals surface area (Å²) in [7, 11) is 0. The zero-order chi connectivity index (χ0) is 17.4. The summed E-state index contributed by atoms with van der Waals surface area (Å²) >= 11 is 0. The van der Waals surface area contributed by atoms with Gasteiger partial charge in [-0.15, -0.1) is 0 Å². The van der Waals surface area contributed by atoms with Gasteiger partial charge in [-0.1, -0.05) is 19.0 Å². The largest absolute Gasteiger partial charge is 0.354 e. The van der Waals surface area contributed by atoms with E-state index >= 15 is 0 Å². The highest BCUT2D eigenvalue weighted by Gasteiger charge is 2.28. The molecular weight excluding hydrogens is 316 g/mol. The highest BCUT2D eigenvalue weighted by atomic mass is 16.5. The van der Waals surface area contributed by atoms with Crippen LogP contribution < -0.4 is 4.90 Å². The molecule has 0 amide bonds. The minimum Gasteiger partial charge on any atom is -0.354 e. The Balaban J connectivity index is 1.42. The van der Waals surface area contributed by atoms with E-state index in [1.807, 2.05) is 0 Å². The van der Waals surface area contributed by atoms with Gasteiger partial charge in [-0.25, -0.2) is 9.97 Å². The minimum absolute atomic E-state index is 0.151. The molecule has 7 heteroatoms. The van der Waals surface area contributed by atoms with Gasteiger partial charge >= 0.3 is 0 Å². The summed E-state index contributed by atoms with van der Waals surface area (Å²) in [6, 6.07) is 0.151. The van der Waals surface area contributed by atoms with Gasteiger partial charge in [0.2, 0.25) is 5.89 Å². The molecular formula is C18H26N6O. The lowest BCUT2D eigenvalue weighted by Crippen LogP contribution is -2.47. The Kier molecular flexibility index (Phi) is 4.41. The molecule has 0 spiro atoms. The molecule has 2 aromatic rings. The lowest BCUT2D eigenvalue weighted by atomic mass is 10.2. The highest BCUT2D eigenvalue weighted by Crippen LogP contribution is 2.29. The van der Waals surface area contributed by atoms with E-state index in [-0.39, 0.29) is 6.04 Å². The summed E-state index contributed by atoms with van der Waals surface area (Å²) in [6.07, 6.45) is 5.13. The van der Waals surface area contributed by atoms with Crippen LogP contribution in [0.3, 0.4) is 0 Å².